The molecule has 100 valence electrons. The maximum atomic E-state index is 4.80. The second-order valence-corrected chi connectivity index (χ2v) is 5.26. The van der Waals surface area contributed by atoms with Crippen LogP contribution >= 0.6 is 0 Å². The van der Waals surface area contributed by atoms with Gasteiger partial charge in [-0.15, -0.1) is 0 Å². The van der Waals surface area contributed by atoms with Gasteiger partial charge in [-0.2, -0.15) is 0 Å². The minimum absolute atomic E-state index is 0.291. The minimum Gasteiger partial charge on any atom is -0.315 e. The van der Waals surface area contributed by atoms with Crippen LogP contribution < -0.4 is 5.32 Å². The fourth-order valence-corrected chi connectivity index (χ4v) is 3.08. The molecule has 4 nitrogen and oxygen atoms in total. The van der Waals surface area contributed by atoms with Gasteiger partial charge in [0.2, 0.25) is 0 Å². The van der Waals surface area contributed by atoms with Crippen molar-refractivity contribution in [3.05, 3.63) is 59.5 Å². The Bertz CT molecular complexity index is 775. The maximum Gasteiger partial charge on any atom is 0.159 e. The number of nitrogens with one attached hydrogen (secondary N) is 1. The molecule has 0 fully saturated rings. The Labute approximate surface area is 117 Å². The van der Waals surface area contributed by atoms with Gasteiger partial charge >= 0.3 is 0 Å². The van der Waals surface area contributed by atoms with E-state index in [9.17, 15) is 0 Å². The maximum absolute atomic E-state index is 4.80. The number of aryl methyl sites for hydroxylation is 1. The Balaban J connectivity index is 1.90. The summed E-state index contributed by atoms with van der Waals surface area (Å²) >= 11 is 0. The van der Waals surface area contributed by atoms with Crippen LogP contribution in [0, 0.1) is 0 Å². The fraction of sp³-hybridized carbons (Fsp3) is 0.250. The first-order chi connectivity index (χ1) is 9.84. The van der Waals surface area contributed by atoms with Crippen molar-refractivity contribution in [3.63, 3.8) is 0 Å². The third-order valence-electron chi connectivity index (χ3n) is 4.07. The summed E-state index contributed by atoms with van der Waals surface area (Å²) in [7, 11) is 2.05. The molecule has 4 heteroatoms. The zero-order valence-corrected chi connectivity index (χ0v) is 11.4. The predicted molar refractivity (Wildman–Crippen MR) is 78.5 cm³/mol. The molecule has 2 aromatic heterocycles. The minimum atomic E-state index is 0.291. The molecule has 0 aliphatic carbocycles. The van der Waals surface area contributed by atoms with Gasteiger partial charge in [0.1, 0.15) is 11.3 Å². The quantitative estimate of drug-likeness (QED) is 0.732. The van der Waals surface area contributed by atoms with E-state index in [0.29, 0.717) is 5.92 Å². The first-order valence-electron chi connectivity index (χ1n) is 6.90. The highest BCUT2D eigenvalue weighted by atomic mass is 15.1. The van der Waals surface area contributed by atoms with Crippen molar-refractivity contribution in [2.24, 2.45) is 7.05 Å². The van der Waals surface area contributed by atoms with E-state index in [4.69, 9.17) is 4.98 Å². The highest BCUT2D eigenvalue weighted by Gasteiger charge is 2.25. The molecule has 1 unspecified atom stereocenters. The van der Waals surface area contributed by atoms with Gasteiger partial charge < -0.3 is 9.88 Å². The molecule has 1 aliphatic rings. The lowest BCUT2D eigenvalue weighted by atomic mass is 9.90. The van der Waals surface area contributed by atoms with Crippen molar-refractivity contribution in [1.29, 1.82) is 0 Å². The van der Waals surface area contributed by atoms with Gasteiger partial charge in [-0.05, 0) is 23.3 Å². The second kappa shape index (κ2) is 4.42. The summed E-state index contributed by atoms with van der Waals surface area (Å²) in [5.74, 6) is 1.37. The van der Waals surface area contributed by atoms with Gasteiger partial charge in [-0.3, -0.25) is 0 Å². The molecule has 4 rings (SSSR count). The smallest absolute Gasteiger partial charge is 0.159 e. The predicted octanol–water partition coefficient (Wildman–Crippen LogP) is 2.20. The van der Waals surface area contributed by atoms with Crippen LogP contribution in [0.1, 0.15) is 22.9 Å². The third-order valence-corrected chi connectivity index (χ3v) is 4.07. The van der Waals surface area contributed by atoms with E-state index >= 15 is 0 Å². The molecule has 3 heterocycles. The van der Waals surface area contributed by atoms with Crippen LogP contribution in [0.25, 0.3) is 11.2 Å². The molecule has 3 aromatic rings. The summed E-state index contributed by atoms with van der Waals surface area (Å²) in [5, 5.41) is 3.49. The van der Waals surface area contributed by atoms with E-state index in [2.05, 4.69) is 46.2 Å². The average molecular weight is 264 g/mol. The van der Waals surface area contributed by atoms with Crippen LogP contribution in [0.15, 0.2) is 42.6 Å². The molecule has 0 radical (unpaired) electrons. The molecule has 1 aromatic carbocycles. The summed E-state index contributed by atoms with van der Waals surface area (Å²) in [4.78, 5) is 9.23. The fourth-order valence-electron chi connectivity index (χ4n) is 3.08. The van der Waals surface area contributed by atoms with Gasteiger partial charge in [-0.1, -0.05) is 24.3 Å². The summed E-state index contributed by atoms with van der Waals surface area (Å²) in [6, 6.07) is 12.6. The molecule has 1 atom stereocenters. The van der Waals surface area contributed by atoms with Gasteiger partial charge in [0.15, 0.2) is 5.65 Å². The first-order valence-corrected chi connectivity index (χ1v) is 6.90. The van der Waals surface area contributed by atoms with Crippen LogP contribution in [0.2, 0.25) is 0 Å². The molecule has 1 aliphatic heterocycles. The van der Waals surface area contributed by atoms with Crippen LogP contribution in [0.5, 0.6) is 0 Å². The Morgan fingerprint density at radius 1 is 1.20 bits per heavy atom. The Morgan fingerprint density at radius 2 is 2.10 bits per heavy atom. The topological polar surface area (TPSA) is 42.7 Å². The number of hydrogen-bond donors (Lipinski definition) is 1. The van der Waals surface area contributed by atoms with Crippen molar-refractivity contribution in [2.75, 3.05) is 6.54 Å². The van der Waals surface area contributed by atoms with Crippen LogP contribution in [-0.4, -0.2) is 21.1 Å². The van der Waals surface area contributed by atoms with Crippen molar-refractivity contribution in [1.82, 2.24) is 19.9 Å². The molecular weight excluding hydrogens is 248 g/mol. The number of aromatic nitrogens is 3. The largest absolute Gasteiger partial charge is 0.315 e. The number of pyridine rings is 1. The summed E-state index contributed by atoms with van der Waals surface area (Å²) in [6.07, 6.45) is 1.82. The summed E-state index contributed by atoms with van der Waals surface area (Å²) in [6.45, 7) is 1.86. The van der Waals surface area contributed by atoms with Crippen molar-refractivity contribution < 1.29 is 0 Å². The highest BCUT2D eigenvalue weighted by molar-refractivity contribution is 5.71. The molecule has 20 heavy (non-hydrogen) atoms. The first kappa shape index (κ1) is 11.6. The molecule has 0 saturated carbocycles. The van der Waals surface area contributed by atoms with Crippen molar-refractivity contribution in [3.8, 4) is 0 Å². The van der Waals surface area contributed by atoms with Crippen molar-refractivity contribution in [2.45, 2.75) is 12.5 Å². The number of imidazole rings is 1. The molecule has 1 N–H and O–H groups in total. The zero-order valence-electron chi connectivity index (χ0n) is 11.4. The number of rotatable bonds is 1. The van der Waals surface area contributed by atoms with E-state index < -0.39 is 0 Å². The molecule has 0 bridgehead atoms. The second-order valence-electron chi connectivity index (χ2n) is 5.26. The summed E-state index contributed by atoms with van der Waals surface area (Å²) < 4.78 is 2.11. The molecule has 0 saturated heterocycles. The lowest BCUT2D eigenvalue weighted by Gasteiger charge is -2.25. The van der Waals surface area contributed by atoms with Gasteiger partial charge in [-0.25, -0.2) is 9.97 Å². The van der Waals surface area contributed by atoms with Crippen LogP contribution in [-0.2, 0) is 13.6 Å². The van der Waals surface area contributed by atoms with E-state index in [-0.39, 0.29) is 0 Å². The standard InChI is InChI=1S/C16H16N4/c1-20-15(19-14-7-4-8-18-16(14)20)13-10-17-9-11-5-2-3-6-12(11)13/h2-8,13,17H,9-10H2,1H3. The third kappa shape index (κ3) is 1.65. The molecule has 0 amide bonds. The number of fused-ring (bicyclic) bond motifs is 2. The number of hydrogen-bond acceptors (Lipinski definition) is 3. The Hall–Kier alpha value is -2.20. The lowest BCUT2D eigenvalue weighted by Crippen LogP contribution is -2.30. The van der Waals surface area contributed by atoms with E-state index in [1.54, 1.807) is 0 Å². The molecular formula is C16H16N4. The van der Waals surface area contributed by atoms with E-state index in [0.717, 1.165) is 30.1 Å². The van der Waals surface area contributed by atoms with Crippen LogP contribution in [0.4, 0.5) is 0 Å². The zero-order chi connectivity index (χ0) is 13.5. The van der Waals surface area contributed by atoms with Gasteiger partial charge in [0.25, 0.3) is 0 Å². The van der Waals surface area contributed by atoms with Crippen LogP contribution in [0.3, 0.4) is 0 Å². The monoisotopic (exact) mass is 264 g/mol. The normalized spacial score (nSPS) is 18.1. The lowest BCUT2D eigenvalue weighted by molar-refractivity contribution is 0.561. The number of nitrogens with zero attached hydrogens (tertiary/aromatic N) is 3. The van der Waals surface area contributed by atoms with Gasteiger partial charge in [0, 0.05) is 26.3 Å². The summed E-state index contributed by atoms with van der Waals surface area (Å²) in [5.41, 5.74) is 4.66. The van der Waals surface area contributed by atoms with Gasteiger partial charge in [0.05, 0.1) is 5.92 Å². The highest BCUT2D eigenvalue weighted by Crippen LogP contribution is 2.30. The van der Waals surface area contributed by atoms with Crippen molar-refractivity contribution >= 4 is 11.2 Å². The Kier molecular flexibility index (Phi) is 2.57. The number of benzene rings is 1. The van der Waals surface area contributed by atoms with E-state index in [1.165, 1.54) is 11.1 Å². The molecule has 0 spiro atoms. The average Bonchev–Trinajstić information content (AvgIpc) is 2.84. The van der Waals surface area contributed by atoms with E-state index in [1.807, 2.05) is 18.3 Å². The SMILES string of the molecule is Cn1c(C2CNCc3ccccc32)nc2cccnc21. The Morgan fingerprint density at radius 3 is 3.00 bits per heavy atom.